The van der Waals surface area contributed by atoms with Crippen molar-refractivity contribution in [3.8, 4) is 0 Å². The van der Waals surface area contributed by atoms with Gasteiger partial charge in [-0.2, -0.15) is 0 Å². The fourth-order valence-corrected chi connectivity index (χ4v) is 5.65. The SMILES string of the molecule is C=C(O)CN1CCN(CC(=O)O)CCN(CC(=O)N[C@@H](CSOOO)C(=O)N[C@@H](CSOOO)C(=O)NCCNC(C)=O)CCN(CC(=O)O)CC1.[Y]. The maximum atomic E-state index is 13.4. The molecule has 301 valence electrons. The van der Waals surface area contributed by atoms with E-state index in [2.05, 4.69) is 46.6 Å². The van der Waals surface area contributed by atoms with E-state index in [4.69, 9.17) is 10.5 Å². The van der Waals surface area contributed by atoms with Crippen molar-refractivity contribution < 1.29 is 106 Å². The quantitative estimate of drug-likeness (QED) is 0.0161. The minimum Gasteiger partial charge on any atom is -0.512 e. The third-order valence-electron chi connectivity index (χ3n) is 7.13. The zero-order chi connectivity index (χ0) is 38.9. The van der Waals surface area contributed by atoms with Gasteiger partial charge in [-0.3, -0.25) is 48.4 Å². The van der Waals surface area contributed by atoms with Crippen LogP contribution in [-0.4, -0.2) is 196 Å². The Kier molecular flexibility index (Phi) is 28.8. The molecule has 0 bridgehead atoms. The second kappa shape index (κ2) is 30.0. The van der Waals surface area contributed by atoms with Gasteiger partial charge in [0.05, 0.1) is 43.4 Å². The van der Waals surface area contributed by atoms with E-state index in [-0.39, 0.29) is 134 Å². The molecule has 0 aromatic rings. The minimum atomic E-state index is -1.38. The Morgan fingerprint density at radius 1 is 0.642 bits per heavy atom. The maximum Gasteiger partial charge on any atom is 0.317 e. The Labute approximate surface area is 339 Å². The van der Waals surface area contributed by atoms with Gasteiger partial charge in [0, 0.05) is 129 Å². The van der Waals surface area contributed by atoms with Gasteiger partial charge in [-0.05, 0) is 0 Å². The minimum absolute atomic E-state index is 0. The molecule has 0 aromatic carbocycles. The van der Waals surface area contributed by atoms with Crippen LogP contribution < -0.4 is 21.3 Å². The summed E-state index contributed by atoms with van der Waals surface area (Å²) in [6.45, 7) is 6.08. The number of hydrogen-bond donors (Lipinski definition) is 9. The summed E-state index contributed by atoms with van der Waals surface area (Å²) in [6, 6.07) is -2.68. The first-order valence-corrected chi connectivity index (χ1v) is 17.6. The number of nitrogens with one attached hydrogen (secondary N) is 4. The van der Waals surface area contributed by atoms with Gasteiger partial charge < -0.3 is 36.6 Å². The molecule has 1 rings (SSSR count). The summed E-state index contributed by atoms with van der Waals surface area (Å²) in [7, 11) is 0. The number of amides is 4. The summed E-state index contributed by atoms with van der Waals surface area (Å²) in [5, 5.41) is 62.8. The van der Waals surface area contributed by atoms with Crippen molar-refractivity contribution in [3.05, 3.63) is 12.3 Å². The van der Waals surface area contributed by atoms with E-state index in [1.807, 2.05) is 4.90 Å². The fraction of sp³-hybridized carbons (Fsp3) is 0.704. The number of carbonyl (C=O) groups is 6. The number of hydrogen-bond acceptors (Lipinski definition) is 19. The first kappa shape index (κ1) is 50.8. The molecule has 1 radical (unpaired) electrons. The van der Waals surface area contributed by atoms with E-state index in [0.717, 1.165) is 0 Å². The molecule has 26 heteroatoms. The molecule has 1 aliphatic heterocycles. The first-order chi connectivity index (χ1) is 24.7. The Hall–Kier alpha value is -2.24. The van der Waals surface area contributed by atoms with Gasteiger partial charge in [-0.1, -0.05) is 16.7 Å². The molecule has 0 spiro atoms. The molecule has 0 unspecified atom stereocenters. The molecule has 23 nitrogen and oxygen atoms in total. The van der Waals surface area contributed by atoms with E-state index in [1.54, 1.807) is 14.7 Å². The first-order valence-electron chi connectivity index (χ1n) is 15.7. The van der Waals surface area contributed by atoms with E-state index >= 15 is 0 Å². The summed E-state index contributed by atoms with van der Waals surface area (Å²) < 4.78 is 8.70. The van der Waals surface area contributed by atoms with Crippen molar-refractivity contribution in [1.29, 1.82) is 0 Å². The van der Waals surface area contributed by atoms with E-state index in [0.29, 0.717) is 37.2 Å². The molecule has 1 heterocycles. The van der Waals surface area contributed by atoms with E-state index in [9.17, 15) is 44.1 Å². The predicted molar refractivity (Wildman–Crippen MR) is 183 cm³/mol. The van der Waals surface area contributed by atoms with Gasteiger partial charge in [-0.25, -0.2) is 10.5 Å². The standard InChI is InChI=1S/C27H48N8O15S2.Y/c1-19(36)13-32-5-9-34(15-24(39)40)11-7-33(8-12-35(10-6-32)16-25(41)42)14-23(38)30-22(18-52-50-48-46)27(44)31-21(17-51-49-47-45)26(43)29-4-3-28-20(2)37;/h21-22,36,45-46H,1,3-18H2,2H3,(H,28,37)(H,29,43)(H,30,38)(H,31,44)(H,39,40)(H,41,42);/t21-,22-;/m0./s1. The second-order valence-electron chi connectivity index (χ2n) is 11.3. The van der Waals surface area contributed by atoms with Crippen LogP contribution in [0.4, 0.5) is 0 Å². The number of rotatable bonds is 23. The van der Waals surface area contributed by atoms with Crippen LogP contribution in [0.25, 0.3) is 0 Å². The largest absolute Gasteiger partial charge is 0.512 e. The number of aliphatic hydroxyl groups excluding tert-OH is 1. The summed E-state index contributed by atoms with van der Waals surface area (Å²) in [4.78, 5) is 80.6. The Morgan fingerprint density at radius 2 is 1.04 bits per heavy atom. The zero-order valence-corrected chi connectivity index (χ0v) is 33.6. The van der Waals surface area contributed by atoms with Crippen molar-refractivity contribution in [3.63, 3.8) is 0 Å². The monoisotopic (exact) mass is 877 g/mol. The molecule has 0 aliphatic carbocycles. The molecule has 1 saturated heterocycles. The molecule has 1 aliphatic rings. The topological polar surface area (TPSA) is 302 Å². The average molecular weight is 878 g/mol. The number of carboxylic acids is 2. The van der Waals surface area contributed by atoms with Gasteiger partial charge in [0.25, 0.3) is 0 Å². The molecule has 0 aromatic heterocycles. The van der Waals surface area contributed by atoms with Crippen LogP contribution in [0, 0.1) is 0 Å². The number of nitrogens with zero attached hydrogens (tertiary/aromatic N) is 4. The molecule has 53 heavy (non-hydrogen) atoms. The fourth-order valence-electron chi connectivity index (χ4n) is 4.72. The van der Waals surface area contributed by atoms with E-state index in [1.165, 1.54) is 6.92 Å². The van der Waals surface area contributed by atoms with Crippen LogP contribution in [0.15, 0.2) is 12.3 Å². The van der Waals surface area contributed by atoms with Crippen molar-refractivity contribution in [2.45, 2.75) is 19.0 Å². The van der Waals surface area contributed by atoms with Gasteiger partial charge in [0.2, 0.25) is 23.6 Å². The van der Waals surface area contributed by atoms with Gasteiger partial charge in [0.15, 0.2) is 0 Å². The van der Waals surface area contributed by atoms with Crippen molar-refractivity contribution in [2.24, 2.45) is 0 Å². The molecule has 1 fully saturated rings. The summed E-state index contributed by atoms with van der Waals surface area (Å²) in [5.41, 5.74) is 0. The van der Waals surface area contributed by atoms with Crippen LogP contribution >= 0.6 is 24.1 Å². The summed E-state index contributed by atoms with van der Waals surface area (Å²) in [6.07, 6.45) is 0. The van der Waals surface area contributed by atoms with Gasteiger partial charge in [0.1, 0.15) is 12.1 Å². The summed E-state index contributed by atoms with van der Waals surface area (Å²) in [5.74, 6) is -5.43. The van der Waals surface area contributed by atoms with Gasteiger partial charge in [-0.15, -0.1) is 8.67 Å². The van der Waals surface area contributed by atoms with Crippen LogP contribution in [-0.2, 0) is 80.2 Å². The molecule has 0 saturated carbocycles. The van der Waals surface area contributed by atoms with Crippen LogP contribution in [0.1, 0.15) is 6.92 Å². The predicted octanol–water partition coefficient (Wildman–Crippen LogP) is -3.19. The number of carboxylic acid groups (broad SMARTS) is 2. The number of aliphatic carboxylic acids is 2. The molecule has 9 N–H and O–H groups in total. The van der Waals surface area contributed by atoms with Crippen molar-refractivity contribution in [1.82, 2.24) is 40.9 Å². The van der Waals surface area contributed by atoms with Crippen LogP contribution in [0.5, 0.6) is 0 Å². The second-order valence-corrected chi connectivity index (χ2v) is 12.7. The maximum absolute atomic E-state index is 13.4. The molecular weight excluding hydrogens is 829 g/mol. The molecule has 4 amide bonds. The third kappa shape index (κ3) is 25.5. The van der Waals surface area contributed by atoms with Crippen LogP contribution in [0.3, 0.4) is 0 Å². The Bertz CT molecular complexity index is 1140. The Balaban J connectivity index is 0.0000270. The third-order valence-corrected chi connectivity index (χ3v) is 8.38. The Morgan fingerprint density at radius 3 is 1.43 bits per heavy atom. The molecule has 2 atom stereocenters. The normalized spacial score (nSPS) is 16.4. The molecular formula is C27H48N8O15S2Y. The number of aliphatic hydroxyl groups is 1. The average Bonchev–Trinajstić information content (AvgIpc) is 3.06. The van der Waals surface area contributed by atoms with E-state index < -0.39 is 41.7 Å². The number of carbonyl (C=O) groups excluding carboxylic acids is 4. The van der Waals surface area contributed by atoms with Crippen molar-refractivity contribution in [2.75, 3.05) is 103 Å². The summed E-state index contributed by atoms with van der Waals surface area (Å²) >= 11 is 0.923. The van der Waals surface area contributed by atoms with Crippen molar-refractivity contribution >= 4 is 59.7 Å². The van der Waals surface area contributed by atoms with Crippen LogP contribution in [0.2, 0.25) is 0 Å². The van der Waals surface area contributed by atoms with Gasteiger partial charge >= 0.3 is 11.9 Å². The zero-order valence-electron chi connectivity index (χ0n) is 29.2. The smallest absolute Gasteiger partial charge is 0.317 e.